The van der Waals surface area contributed by atoms with Crippen molar-refractivity contribution in [2.75, 3.05) is 16.8 Å². The van der Waals surface area contributed by atoms with Gasteiger partial charge in [-0.1, -0.05) is 43.2 Å². The summed E-state index contributed by atoms with van der Waals surface area (Å²) in [4.78, 5) is 33.7. The molecule has 0 saturated carbocycles. The number of aromatic nitrogens is 1. The maximum absolute atomic E-state index is 14.0. The van der Waals surface area contributed by atoms with Crippen molar-refractivity contribution in [2.45, 2.75) is 51.7 Å². The van der Waals surface area contributed by atoms with Gasteiger partial charge in [0.25, 0.3) is 0 Å². The van der Waals surface area contributed by atoms with Crippen LogP contribution < -0.4 is 10.2 Å². The lowest BCUT2D eigenvalue weighted by atomic mass is 9.67. The van der Waals surface area contributed by atoms with E-state index in [-0.39, 0.29) is 25.0 Å². The standard InChI is InChI=1S/C39H41N3O6/c1-2-8-26-22-32-37(39(47)42(38(32)46)29-15-13-28(14-16-29)41-27-9-4-3-5-10-27)33(24-44)36(26)35(45)19-12-25(34-11-6-7-20-40-34)21-30-17-18-31(23-43)48-30/h3-7,9-11,13-18,20-21,32-33,35,37,41,43-45H,2,8,12,19,22-24H2,1H3/b25-21-/t32-,33+,35-,37-/m1/s1. The van der Waals surface area contributed by atoms with E-state index in [1.54, 1.807) is 30.5 Å². The van der Waals surface area contributed by atoms with Gasteiger partial charge in [0.1, 0.15) is 18.1 Å². The van der Waals surface area contributed by atoms with E-state index < -0.39 is 23.9 Å². The Balaban J connectivity index is 1.24. The van der Waals surface area contributed by atoms with E-state index in [4.69, 9.17) is 4.42 Å². The van der Waals surface area contributed by atoms with Crippen LogP contribution in [0.25, 0.3) is 11.6 Å². The van der Waals surface area contributed by atoms with Crippen LogP contribution in [0.3, 0.4) is 0 Å². The lowest BCUT2D eigenvalue weighted by molar-refractivity contribution is -0.123. The summed E-state index contributed by atoms with van der Waals surface area (Å²) in [6.45, 7) is 1.48. The second-order valence-corrected chi connectivity index (χ2v) is 12.4. The molecule has 48 heavy (non-hydrogen) atoms. The highest BCUT2D eigenvalue weighted by Crippen LogP contribution is 2.48. The molecule has 1 aliphatic heterocycles. The number of amides is 2. The fourth-order valence-corrected chi connectivity index (χ4v) is 7.14. The first-order chi connectivity index (χ1) is 23.4. The average Bonchev–Trinajstić information content (AvgIpc) is 3.68. The number of carbonyl (C=O) groups excluding carboxylic acids is 2. The number of furan rings is 1. The largest absolute Gasteiger partial charge is 0.459 e. The Bertz CT molecular complexity index is 1780. The monoisotopic (exact) mass is 647 g/mol. The van der Waals surface area contributed by atoms with Gasteiger partial charge in [-0.15, -0.1) is 0 Å². The van der Waals surface area contributed by atoms with Crippen molar-refractivity contribution in [2.24, 2.45) is 17.8 Å². The summed E-state index contributed by atoms with van der Waals surface area (Å²) < 4.78 is 5.70. The first-order valence-electron chi connectivity index (χ1n) is 16.5. The molecule has 9 nitrogen and oxygen atoms in total. The summed E-state index contributed by atoms with van der Waals surface area (Å²) in [7, 11) is 0. The molecule has 9 heteroatoms. The minimum absolute atomic E-state index is 0.208. The SMILES string of the molecule is CCCC1=C([C@H](O)CC/C(=C/c2ccc(CO)o2)c2ccccn2)[C@H](CO)[C@@H]2C(=O)N(c3ccc(Nc4ccccc4)cc3)C(=O)[C@@H]2C1. The summed E-state index contributed by atoms with van der Waals surface area (Å²) in [6, 6.07) is 26.0. The summed E-state index contributed by atoms with van der Waals surface area (Å²) in [5.74, 6) is -1.65. The lowest BCUT2D eigenvalue weighted by Gasteiger charge is -2.36. The maximum Gasteiger partial charge on any atom is 0.238 e. The number of aliphatic hydroxyl groups is 3. The third-order valence-corrected chi connectivity index (χ3v) is 9.32. The van der Waals surface area contributed by atoms with Crippen LogP contribution in [0.15, 0.2) is 107 Å². The Morgan fingerprint density at radius 3 is 2.40 bits per heavy atom. The minimum Gasteiger partial charge on any atom is -0.459 e. The van der Waals surface area contributed by atoms with Gasteiger partial charge in [-0.2, -0.15) is 0 Å². The zero-order chi connectivity index (χ0) is 33.6. The fraction of sp³-hybridized carbons (Fsp3) is 0.308. The molecule has 2 aromatic heterocycles. The Morgan fingerprint density at radius 1 is 0.979 bits per heavy atom. The van der Waals surface area contributed by atoms with Crippen molar-refractivity contribution >= 4 is 40.5 Å². The molecule has 248 valence electrons. The Morgan fingerprint density at radius 2 is 1.73 bits per heavy atom. The Labute approximate surface area is 280 Å². The van der Waals surface area contributed by atoms with Crippen LogP contribution in [0.1, 0.15) is 56.2 Å². The molecule has 1 aliphatic carbocycles. The highest BCUT2D eigenvalue weighted by atomic mass is 16.4. The second kappa shape index (κ2) is 14.9. The van der Waals surface area contributed by atoms with Gasteiger partial charge in [0.15, 0.2) is 0 Å². The van der Waals surface area contributed by atoms with Crippen molar-refractivity contribution in [3.05, 3.63) is 119 Å². The van der Waals surface area contributed by atoms with E-state index >= 15 is 0 Å². The quantitative estimate of drug-likeness (QED) is 0.0953. The van der Waals surface area contributed by atoms with Gasteiger partial charge in [-0.05, 0) is 104 Å². The molecule has 4 atom stereocenters. The summed E-state index contributed by atoms with van der Waals surface area (Å²) in [6.07, 6.45) is 5.19. The average molecular weight is 648 g/mol. The van der Waals surface area contributed by atoms with Crippen molar-refractivity contribution in [3.63, 3.8) is 0 Å². The first kappa shape index (κ1) is 33.1. The molecule has 3 heterocycles. The highest BCUT2D eigenvalue weighted by molar-refractivity contribution is 6.22. The van der Waals surface area contributed by atoms with E-state index in [1.165, 1.54) is 4.90 Å². The summed E-state index contributed by atoms with van der Waals surface area (Å²) in [5, 5.41) is 35.3. The van der Waals surface area contributed by atoms with Crippen molar-refractivity contribution in [3.8, 4) is 0 Å². The second-order valence-electron chi connectivity index (χ2n) is 12.4. The molecule has 2 amide bonds. The van der Waals surface area contributed by atoms with E-state index in [0.29, 0.717) is 48.5 Å². The van der Waals surface area contributed by atoms with Crippen LogP contribution in [0, 0.1) is 17.8 Å². The summed E-state index contributed by atoms with van der Waals surface area (Å²) in [5.41, 5.74) is 5.42. The number of para-hydroxylation sites is 1. The number of allylic oxidation sites excluding steroid dienone is 2. The van der Waals surface area contributed by atoms with Crippen molar-refractivity contribution < 1.29 is 29.3 Å². The molecule has 0 spiro atoms. The molecule has 2 aliphatic rings. The first-order valence-corrected chi connectivity index (χ1v) is 16.5. The van der Waals surface area contributed by atoms with Gasteiger partial charge < -0.3 is 25.1 Å². The number of nitrogens with zero attached hydrogens (tertiary/aromatic N) is 2. The molecule has 0 bridgehead atoms. The normalized spacial score (nSPS) is 20.3. The predicted molar refractivity (Wildman–Crippen MR) is 185 cm³/mol. The number of pyridine rings is 1. The van der Waals surface area contributed by atoms with Crippen LogP contribution in [0.5, 0.6) is 0 Å². The van der Waals surface area contributed by atoms with E-state index in [2.05, 4.69) is 10.3 Å². The van der Waals surface area contributed by atoms with E-state index in [9.17, 15) is 24.9 Å². The molecule has 4 N–H and O–H groups in total. The summed E-state index contributed by atoms with van der Waals surface area (Å²) >= 11 is 0. The van der Waals surface area contributed by atoms with Crippen LogP contribution in [-0.4, -0.2) is 44.8 Å². The molecule has 1 saturated heterocycles. The van der Waals surface area contributed by atoms with Gasteiger partial charge in [0.2, 0.25) is 11.8 Å². The van der Waals surface area contributed by atoms with Gasteiger partial charge in [-0.25, -0.2) is 0 Å². The number of carbonyl (C=O) groups is 2. The molecule has 0 unspecified atom stereocenters. The molecule has 0 radical (unpaired) electrons. The third kappa shape index (κ3) is 6.89. The number of anilines is 3. The number of benzene rings is 2. The van der Waals surface area contributed by atoms with Crippen molar-refractivity contribution in [1.29, 1.82) is 0 Å². The van der Waals surface area contributed by atoms with Gasteiger partial charge >= 0.3 is 0 Å². The maximum atomic E-state index is 14.0. The van der Waals surface area contributed by atoms with Crippen LogP contribution in [0.2, 0.25) is 0 Å². The van der Waals surface area contributed by atoms with Crippen LogP contribution in [-0.2, 0) is 16.2 Å². The molecular formula is C39H41N3O6. The van der Waals surface area contributed by atoms with Crippen molar-refractivity contribution in [1.82, 2.24) is 4.98 Å². The van der Waals surface area contributed by atoms with E-state index in [1.807, 2.05) is 73.7 Å². The fourth-order valence-electron chi connectivity index (χ4n) is 7.14. The lowest BCUT2D eigenvalue weighted by Crippen LogP contribution is -2.39. The molecule has 2 aromatic carbocycles. The number of hydrogen-bond acceptors (Lipinski definition) is 8. The zero-order valence-electron chi connectivity index (χ0n) is 27.0. The van der Waals surface area contributed by atoms with Crippen LogP contribution in [0.4, 0.5) is 17.1 Å². The van der Waals surface area contributed by atoms with Gasteiger partial charge in [-0.3, -0.25) is 19.5 Å². The smallest absolute Gasteiger partial charge is 0.238 e. The highest BCUT2D eigenvalue weighted by Gasteiger charge is 2.55. The van der Waals surface area contributed by atoms with Gasteiger partial charge in [0.05, 0.1) is 35.9 Å². The topological polar surface area (TPSA) is 136 Å². The number of nitrogens with one attached hydrogen (secondary N) is 1. The Kier molecular flexibility index (Phi) is 10.3. The predicted octanol–water partition coefficient (Wildman–Crippen LogP) is 6.51. The number of hydrogen-bond donors (Lipinski definition) is 4. The zero-order valence-corrected chi connectivity index (χ0v) is 27.0. The number of rotatable bonds is 13. The molecule has 1 fully saturated rings. The minimum atomic E-state index is -0.943. The van der Waals surface area contributed by atoms with E-state index in [0.717, 1.165) is 34.6 Å². The number of imide groups is 1. The van der Waals surface area contributed by atoms with Gasteiger partial charge in [0, 0.05) is 23.5 Å². The molecule has 6 rings (SSSR count). The molecular weight excluding hydrogens is 606 g/mol. The van der Waals surface area contributed by atoms with Crippen LogP contribution >= 0.6 is 0 Å². The molecule has 4 aromatic rings. The number of fused-ring (bicyclic) bond motifs is 1. The third-order valence-electron chi connectivity index (χ3n) is 9.32. The number of aliphatic hydroxyl groups excluding tert-OH is 3. The Hall–Kier alpha value is -4.83.